The lowest BCUT2D eigenvalue weighted by Gasteiger charge is -2.23. The van der Waals surface area contributed by atoms with Gasteiger partial charge >= 0.3 is 0 Å². The molecular weight excluding hydrogens is 264 g/mol. The molecule has 6 heteroatoms. The van der Waals surface area contributed by atoms with Crippen molar-refractivity contribution in [3.05, 3.63) is 18.2 Å². The zero-order valence-electron chi connectivity index (χ0n) is 11.9. The summed E-state index contributed by atoms with van der Waals surface area (Å²) in [5.74, 6) is 0.539. The second kappa shape index (κ2) is 6.25. The highest BCUT2D eigenvalue weighted by Gasteiger charge is 2.27. The Morgan fingerprint density at radius 2 is 2.00 bits per heavy atom. The quantitative estimate of drug-likeness (QED) is 0.811. The third kappa shape index (κ3) is 3.61. The Labute approximate surface area is 115 Å². The van der Waals surface area contributed by atoms with Gasteiger partial charge in [0.15, 0.2) is 0 Å². The molecular formula is C13H22N2O3S. The smallest absolute Gasteiger partial charge is 0.246 e. The van der Waals surface area contributed by atoms with E-state index in [0.29, 0.717) is 18.8 Å². The number of methoxy groups -OCH3 is 1. The molecule has 19 heavy (non-hydrogen) atoms. The van der Waals surface area contributed by atoms with Crippen LogP contribution in [-0.2, 0) is 10.0 Å². The average molecular weight is 286 g/mol. The summed E-state index contributed by atoms with van der Waals surface area (Å²) in [5, 5.41) is 0. The van der Waals surface area contributed by atoms with Crippen molar-refractivity contribution in [2.24, 2.45) is 5.92 Å². The fourth-order valence-corrected chi connectivity index (χ4v) is 3.59. The van der Waals surface area contributed by atoms with Gasteiger partial charge in [-0.3, -0.25) is 0 Å². The van der Waals surface area contributed by atoms with Crippen LogP contribution in [0.25, 0.3) is 0 Å². The van der Waals surface area contributed by atoms with E-state index in [2.05, 4.69) is 0 Å². The van der Waals surface area contributed by atoms with E-state index in [1.54, 1.807) is 6.07 Å². The molecule has 0 spiro atoms. The molecule has 1 aromatic carbocycles. The Kier molecular flexibility index (Phi) is 5.20. The van der Waals surface area contributed by atoms with Crippen LogP contribution in [0.1, 0.15) is 20.8 Å². The Morgan fingerprint density at radius 3 is 2.47 bits per heavy atom. The molecule has 1 aromatic rings. The Hall–Kier alpha value is -1.27. The number of benzene rings is 1. The van der Waals surface area contributed by atoms with Crippen LogP contribution in [0.3, 0.4) is 0 Å². The summed E-state index contributed by atoms with van der Waals surface area (Å²) in [6, 6.07) is 4.58. The maximum atomic E-state index is 12.6. The predicted octanol–water partition coefficient (Wildman–Crippen LogP) is 1.94. The lowest BCUT2D eigenvalue weighted by molar-refractivity contribution is 0.371. The number of rotatable bonds is 6. The summed E-state index contributed by atoms with van der Waals surface area (Å²) < 4.78 is 31.8. The SMILES string of the molecule is CCN(CC(C)C)S(=O)(=O)c1ccc(N)cc1OC. The van der Waals surface area contributed by atoms with Crippen molar-refractivity contribution in [1.29, 1.82) is 0 Å². The first-order chi connectivity index (χ1) is 8.82. The number of hydrogen-bond donors (Lipinski definition) is 1. The summed E-state index contributed by atoms with van der Waals surface area (Å²) >= 11 is 0. The Morgan fingerprint density at radius 1 is 1.37 bits per heavy atom. The summed E-state index contributed by atoms with van der Waals surface area (Å²) in [5.41, 5.74) is 6.12. The van der Waals surface area contributed by atoms with Gasteiger partial charge in [-0.05, 0) is 18.1 Å². The molecule has 0 aliphatic rings. The van der Waals surface area contributed by atoms with E-state index in [1.165, 1.54) is 23.5 Å². The lowest BCUT2D eigenvalue weighted by Crippen LogP contribution is -2.34. The van der Waals surface area contributed by atoms with E-state index < -0.39 is 10.0 Å². The molecule has 0 aliphatic carbocycles. The number of ether oxygens (including phenoxy) is 1. The number of sulfonamides is 1. The highest BCUT2D eigenvalue weighted by molar-refractivity contribution is 7.89. The fourth-order valence-electron chi connectivity index (χ4n) is 1.84. The topological polar surface area (TPSA) is 72.6 Å². The van der Waals surface area contributed by atoms with Crippen LogP contribution in [0.2, 0.25) is 0 Å². The van der Waals surface area contributed by atoms with Crippen LogP contribution in [0, 0.1) is 5.92 Å². The van der Waals surface area contributed by atoms with Gasteiger partial charge in [-0.2, -0.15) is 4.31 Å². The van der Waals surface area contributed by atoms with Gasteiger partial charge in [-0.15, -0.1) is 0 Å². The van der Waals surface area contributed by atoms with Crippen LogP contribution in [0.5, 0.6) is 5.75 Å². The summed E-state index contributed by atoms with van der Waals surface area (Å²) in [7, 11) is -2.12. The van der Waals surface area contributed by atoms with Crippen LogP contribution >= 0.6 is 0 Å². The third-order valence-corrected chi connectivity index (χ3v) is 4.71. The standard InChI is InChI=1S/C13H22N2O3S/c1-5-15(9-10(2)3)19(16,17)13-7-6-11(14)8-12(13)18-4/h6-8,10H,5,9,14H2,1-4H3. The van der Waals surface area contributed by atoms with Gasteiger partial charge in [0.25, 0.3) is 0 Å². The first kappa shape index (κ1) is 15.8. The third-order valence-electron chi connectivity index (χ3n) is 2.73. The zero-order chi connectivity index (χ0) is 14.6. The van der Waals surface area contributed by atoms with Crippen molar-refractivity contribution >= 4 is 15.7 Å². The molecule has 0 radical (unpaired) electrons. The molecule has 108 valence electrons. The van der Waals surface area contributed by atoms with Gasteiger partial charge in [-0.25, -0.2) is 8.42 Å². The molecule has 0 bridgehead atoms. The second-order valence-corrected chi connectivity index (χ2v) is 6.67. The van der Waals surface area contributed by atoms with Crippen molar-refractivity contribution in [1.82, 2.24) is 4.31 Å². The molecule has 0 amide bonds. The molecule has 0 saturated heterocycles. The van der Waals surface area contributed by atoms with Crippen molar-refractivity contribution in [2.75, 3.05) is 25.9 Å². The summed E-state index contributed by atoms with van der Waals surface area (Å²) in [4.78, 5) is 0.159. The highest BCUT2D eigenvalue weighted by atomic mass is 32.2. The van der Waals surface area contributed by atoms with Gasteiger partial charge in [0.2, 0.25) is 10.0 Å². The van der Waals surface area contributed by atoms with Crippen molar-refractivity contribution in [3.8, 4) is 5.75 Å². The van der Waals surface area contributed by atoms with Crippen LogP contribution in [-0.4, -0.2) is 32.9 Å². The zero-order valence-corrected chi connectivity index (χ0v) is 12.7. The second-order valence-electron chi connectivity index (χ2n) is 4.76. The van der Waals surface area contributed by atoms with Gasteiger partial charge in [-0.1, -0.05) is 20.8 Å². The van der Waals surface area contributed by atoms with E-state index in [9.17, 15) is 8.42 Å². The maximum Gasteiger partial charge on any atom is 0.246 e. The molecule has 2 N–H and O–H groups in total. The van der Waals surface area contributed by atoms with Gasteiger partial charge in [0.1, 0.15) is 10.6 Å². The van der Waals surface area contributed by atoms with E-state index in [0.717, 1.165) is 0 Å². The Bertz CT molecular complexity index is 527. The average Bonchev–Trinajstić information content (AvgIpc) is 2.34. The van der Waals surface area contributed by atoms with Crippen LogP contribution in [0.15, 0.2) is 23.1 Å². The lowest BCUT2D eigenvalue weighted by atomic mass is 10.2. The molecule has 0 unspecified atom stereocenters. The molecule has 0 fully saturated rings. The molecule has 5 nitrogen and oxygen atoms in total. The van der Waals surface area contributed by atoms with Gasteiger partial charge in [0.05, 0.1) is 7.11 Å². The largest absolute Gasteiger partial charge is 0.495 e. The van der Waals surface area contributed by atoms with Gasteiger partial charge < -0.3 is 10.5 Å². The first-order valence-corrected chi connectivity index (χ1v) is 7.70. The number of hydrogen-bond acceptors (Lipinski definition) is 4. The fraction of sp³-hybridized carbons (Fsp3) is 0.538. The minimum absolute atomic E-state index is 0.159. The monoisotopic (exact) mass is 286 g/mol. The van der Waals surface area contributed by atoms with Gasteiger partial charge in [0, 0.05) is 24.8 Å². The molecule has 0 saturated carbocycles. The highest BCUT2D eigenvalue weighted by Crippen LogP contribution is 2.28. The van der Waals surface area contributed by atoms with E-state index in [1.807, 2.05) is 20.8 Å². The number of nitrogens with zero attached hydrogens (tertiary/aromatic N) is 1. The van der Waals surface area contributed by atoms with E-state index >= 15 is 0 Å². The van der Waals surface area contributed by atoms with E-state index in [-0.39, 0.29) is 16.6 Å². The van der Waals surface area contributed by atoms with Crippen molar-refractivity contribution in [2.45, 2.75) is 25.7 Å². The molecule has 1 rings (SSSR count). The maximum absolute atomic E-state index is 12.6. The predicted molar refractivity (Wildman–Crippen MR) is 76.7 cm³/mol. The van der Waals surface area contributed by atoms with Crippen molar-refractivity contribution < 1.29 is 13.2 Å². The van der Waals surface area contributed by atoms with Crippen molar-refractivity contribution in [3.63, 3.8) is 0 Å². The number of nitrogens with two attached hydrogens (primary N) is 1. The Balaban J connectivity index is 3.25. The first-order valence-electron chi connectivity index (χ1n) is 6.26. The molecule has 0 aromatic heterocycles. The molecule has 0 atom stereocenters. The van der Waals surface area contributed by atoms with E-state index in [4.69, 9.17) is 10.5 Å². The minimum Gasteiger partial charge on any atom is -0.495 e. The summed E-state index contributed by atoms with van der Waals surface area (Å²) in [6.07, 6.45) is 0. The normalized spacial score (nSPS) is 12.1. The van der Waals surface area contributed by atoms with Crippen LogP contribution < -0.4 is 10.5 Å². The minimum atomic E-state index is -3.55. The molecule has 0 aliphatic heterocycles. The number of anilines is 1. The number of nitrogen functional groups attached to an aromatic ring is 1. The van der Waals surface area contributed by atoms with Crippen LogP contribution in [0.4, 0.5) is 5.69 Å². The molecule has 0 heterocycles. The summed E-state index contributed by atoms with van der Waals surface area (Å²) in [6.45, 7) is 6.70.